The molecule has 0 spiro atoms. The highest BCUT2D eigenvalue weighted by molar-refractivity contribution is 5.75. The fraction of sp³-hybridized carbons (Fsp3) is 0.769. The topological polar surface area (TPSA) is 210 Å². The van der Waals surface area contributed by atoms with Gasteiger partial charge >= 0.3 is 11.9 Å². The van der Waals surface area contributed by atoms with Crippen molar-refractivity contribution in [2.45, 2.75) is 40.0 Å². The molecule has 0 aliphatic heterocycles. The number of aliphatic carboxylic acids is 2. The molecule has 11 nitrogen and oxygen atoms in total. The van der Waals surface area contributed by atoms with Crippen molar-refractivity contribution in [1.29, 1.82) is 0 Å². The van der Waals surface area contributed by atoms with Crippen LogP contribution in [0.4, 0.5) is 0 Å². The summed E-state index contributed by atoms with van der Waals surface area (Å²) in [4.78, 5) is 38.7. The van der Waals surface area contributed by atoms with E-state index in [1.165, 1.54) is 0 Å². The van der Waals surface area contributed by atoms with Crippen molar-refractivity contribution in [2.75, 3.05) is 26.4 Å². The fourth-order valence-electron chi connectivity index (χ4n) is 0.482. The monoisotopic (exact) mass is 361 g/mol. The summed E-state index contributed by atoms with van der Waals surface area (Å²) >= 11 is 0. The lowest BCUT2D eigenvalue weighted by Gasteiger charge is -2.02. The third-order valence-corrected chi connectivity index (χ3v) is 1.08. The Bertz CT molecular complexity index is 269. The molecule has 0 radical (unpaired) electrons. The van der Waals surface area contributed by atoms with Crippen molar-refractivity contribution in [3.63, 3.8) is 0 Å². The van der Waals surface area contributed by atoms with Gasteiger partial charge in [0.1, 0.15) is 6.61 Å². The zero-order chi connectivity index (χ0) is 19.1. The van der Waals surface area contributed by atoms with E-state index < -0.39 is 24.3 Å². The molecule has 0 atom stereocenters. The van der Waals surface area contributed by atoms with Gasteiger partial charge in [-0.05, 0) is 27.2 Å². The molecule has 0 aliphatic rings. The normalized spacial score (nSPS) is 7.75. The highest BCUT2D eigenvalue weighted by atomic mass is 17.2. The largest absolute Gasteiger partial charge is 0.550 e. The van der Waals surface area contributed by atoms with Gasteiger partial charge in [-0.15, -0.1) is 0 Å². The summed E-state index contributed by atoms with van der Waals surface area (Å²) in [6.45, 7) is 5.52. The van der Waals surface area contributed by atoms with Crippen LogP contribution in [0.3, 0.4) is 0 Å². The van der Waals surface area contributed by atoms with E-state index in [-0.39, 0.29) is 45.4 Å². The van der Waals surface area contributed by atoms with Crippen LogP contribution in [-0.2, 0) is 24.2 Å². The van der Waals surface area contributed by atoms with Crippen molar-refractivity contribution in [2.24, 2.45) is 0 Å². The Hall–Kier alpha value is -1.79. The number of carboxylic acids is 2. The van der Waals surface area contributed by atoms with Crippen molar-refractivity contribution < 1.29 is 49.7 Å². The minimum Gasteiger partial charge on any atom is -0.550 e. The van der Waals surface area contributed by atoms with Crippen LogP contribution in [0.2, 0.25) is 0 Å². The maximum absolute atomic E-state index is 10.6. The van der Waals surface area contributed by atoms with Crippen molar-refractivity contribution in [1.82, 2.24) is 6.15 Å². The lowest BCUT2D eigenvalue weighted by molar-refractivity contribution is -0.306. The first kappa shape index (κ1) is 33.7. The maximum Gasteiger partial charge on any atom is 0.342 e. The van der Waals surface area contributed by atoms with Gasteiger partial charge in [-0.1, -0.05) is 0 Å². The average Bonchev–Trinajstić information content (AvgIpc) is 2.44. The molecule has 0 saturated carbocycles. The molecule has 0 aromatic carbocycles. The molecule has 0 heterocycles. The highest BCUT2D eigenvalue weighted by Crippen LogP contribution is 1.93. The van der Waals surface area contributed by atoms with Gasteiger partial charge in [0.05, 0.1) is 12.8 Å². The molecule has 0 bridgehead atoms. The maximum atomic E-state index is 10.6. The van der Waals surface area contributed by atoms with Gasteiger partial charge in [-0.2, -0.15) is 4.89 Å². The molecule has 148 valence electrons. The molecule has 8 N–H and O–H groups in total. The van der Waals surface area contributed by atoms with Crippen LogP contribution < -0.4 is 11.3 Å². The first-order valence-corrected chi connectivity index (χ1v) is 6.83. The molecular formula is C13H31NO10. The molecule has 0 saturated heterocycles. The third kappa shape index (κ3) is 71.5. The SMILES string of the molecule is CCO.CCO.CCO.O=C([O-])CCC(=O)OOCCC(=O)O.[NH4+]. The van der Waals surface area contributed by atoms with E-state index in [1.807, 2.05) is 0 Å². The zero-order valence-corrected chi connectivity index (χ0v) is 14.7. The Morgan fingerprint density at radius 3 is 1.54 bits per heavy atom. The molecule has 0 aromatic rings. The zero-order valence-electron chi connectivity index (χ0n) is 14.7. The van der Waals surface area contributed by atoms with Gasteiger partial charge in [0, 0.05) is 25.8 Å². The summed E-state index contributed by atoms with van der Waals surface area (Å²) in [5.74, 6) is -3.33. The number of carboxylic acid groups (broad SMARTS) is 2. The Balaban J connectivity index is -0.000000100. The summed E-state index contributed by atoms with van der Waals surface area (Å²) in [6.07, 6.45) is -1.12. The van der Waals surface area contributed by atoms with E-state index >= 15 is 0 Å². The molecule has 24 heavy (non-hydrogen) atoms. The van der Waals surface area contributed by atoms with Crippen LogP contribution in [0, 0.1) is 0 Å². The minimum absolute atomic E-state index is 0. The standard InChI is InChI=1S/C7H10O7.3C2H6O.H3N/c8-5(9)1-2-7(12)14-13-4-3-6(10)11;3*1-2-3;/h1-4H2,(H,8,9)(H,10,11);3*3H,2H2,1H3;1H3. The van der Waals surface area contributed by atoms with Crippen LogP contribution in [0.15, 0.2) is 0 Å². The smallest absolute Gasteiger partial charge is 0.342 e. The van der Waals surface area contributed by atoms with E-state index in [0.717, 1.165) is 0 Å². The van der Waals surface area contributed by atoms with Crippen LogP contribution in [0.5, 0.6) is 0 Å². The van der Waals surface area contributed by atoms with Gasteiger partial charge in [-0.3, -0.25) is 9.68 Å². The average molecular weight is 361 g/mol. The van der Waals surface area contributed by atoms with Gasteiger partial charge in [0.25, 0.3) is 0 Å². The highest BCUT2D eigenvalue weighted by Gasteiger charge is 2.04. The second kappa shape index (κ2) is 33.0. The van der Waals surface area contributed by atoms with Crippen LogP contribution >= 0.6 is 0 Å². The van der Waals surface area contributed by atoms with Crippen molar-refractivity contribution >= 4 is 17.9 Å². The fourth-order valence-corrected chi connectivity index (χ4v) is 0.482. The first-order chi connectivity index (χ1) is 10.8. The number of aliphatic hydroxyl groups is 3. The van der Waals surface area contributed by atoms with Crippen molar-refractivity contribution in [3.8, 4) is 0 Å². The Morgan fingerprint density at radius 1 is 0.875 bits per heavy atom. The summed E-state index contributed by atoms with van der Waals surface area (Å²) in [6, 6.07) is 0. The van der Waals surface area contributed by atoms with E-state index in [1.54, 1.807) is 20.8 Å². The number of aliphatic hydroxyl groups excluding tert-OH is 3. The van der Waals surface area contributed by atoms with E-state index in [4.69, 9.17) is 20.4 Å². The Kier molecular flexibility index (Phi) is 46.3. The molecule has 0 rings (SSSR count). The molecular weight excluding hydrogens is 330 g/mol. The Morgan fingerprint density at radius 2 is 1.25 bits per heavy atom. The van der Waals surface area contributed by atoms with Gasteiger partial charge in [0.15, 0.2) is 0 Å². The summed E-state index contributed by atoms with van der Waals surface area (Å²) in [7, 11) is 0. The molecule has 0 unspecified atom stereocenters. The molecule has 0 aromatic heterocycles. The van der Waals surface area contributed by atoms with Crippen molar-refractivity contribution in [3.05, 3.63) is 0 Å². The lowest BCUT2D eigenvalue weighted by Crippen LogP contribution is -2.23. The number of carbonyl (C=O) groups excluding carboxylic acids is 2. The van der Waals surface area contributed by atoms with Crippen LogP contribution in [0.1, 0.15) is 40.0 Å². The predicted molar refractivity (Wildman–Crippen MR) is 82.8 cm³/mol. The minimum atomic E-state index is -1.37. The second-order valence-electron chi connectivity index (χ2n) is 3.24. The predicted octanol–water partition coefficient (Wildman–Crippen LogP) is -1.16. The third-order valence-electron chi connectivity index (χ3n) is 1.08. The molecule has 0 aliphatic carbocycles. The van der Waals surface area contributed by atoms with Gasteiger partial charge < -0.3 is 36.5 Å². The summed E-state index contributed by atoms with van der Waals surface area (Å²) in [5.41, 5.74) is 0. The first-order valence-electron chi connectivity index (χ1n) is 6.83. The number of rotatable bonds is 7. The summed E-state index contributed by atoms with van der Waals surface area (Å²) < 4.78 is 0. The van der Waals surface area contributed by atoms with E-state index in [0.29, 0.717) is 0 Å². The lowest BCUT2D eigenvalue weighted by atomic mass is 10.3. The molecule has 0 amide bonds. The van der Waals surface area contributed by atoms with E-state index in [2.05, 4.69) is 9.78 Å². The van der Waals surface area contributed by atoms with Gasteiger partial charge in [0.2, 0.25) is 0 Å². The quantitative estimate of drug-likeness (QED) is 0.208. The number of carbonyl (C=O) groups is 3. The van der Waals surface area contributed by atoms with Gasteiger partial charge in [-0.25, -0.2) is 4.79 Å². The number of hydrogen-bond donors (Lipinski definition) is 5. The molecule has 11 heteroatoms. The van der Waals surface area contributed by atoms with Crippen LogP contribution in [0.25, 0.3) is 0 Å². The second-order valence-corrected chi connectivity index (χ2v) is 3.24. The van der Waals surface area contributed by atoms with E-state index in [9.17, 15) is 19.5 Å². The Labute approximate surface area is 141 Å². The van der Waals surface area contributed by atoms with Crippen LogP contribution in [-0.4, -0.2) is 64.8 Å². The number of quaternary nitrogens is 1. The number of hydrogen-bond acceptors (Lipinski definition) is 9. The molecule has 0 fully saturated rings. The summed E-state index contributed by atoms with van der Waals surface area (Å²) in [5, 5.41) is 40.7.